The summed E-state index contributed by atoms with van der Waals surface area (Å²) in [6.07, 6.45) is 3.19. The standard InChI is InChI=1S/C16H18N2O2/c1-10-7-8-12(9-10)14-17-15(19)13(16(20)18-14)11-5-3-2-4-6-11/h2-6,10,12H,7-9H2,1H3,(H2,17,18,19,20). The molecular weight excluding hydrogens is 252 g/mol. The Kier molecular flexibility index (Phi) is 3.30. The third-order valence-corrected chi connectivity index (χ3v) is 4.06. The summed E-state index contributed by atoms with van der Waals surface area (Å²) in [6.45, 7) is 2.20. The van der Waals surface area contributed by atoms with E-state index in [0.29, 0.717) is 17.3 Å². The molecule has 2 atom stereocenters. The summed E-state index contributed by atoms with van der Waals surface area (Å²) in [5, 5.41) is 10.1. The fourth-order valence-corrected chi connectivity index (χ4v) is 2.99. The molecule has 0 bridgehead atoms. The topological polar surface area (TPSA) is 66.0 Å². The van der Waals surface area contributed by atoms with Gasteiger partial charge >= 0.3 is 0 Å². The molecule has 1 aliphatic rings. The summed E-state index contributed by atoms with van der Waals surface area (Å²) < 4.78 is 0. The molecule has 1 heterocycles. The maximum absolute atomic E-state index is 12.2. The largest absolute Gasteiger partial charge is 0.493 e. The van der Waals surface area contributed by atoms with Crippen LogP contribution in [-0.4, -0.2) is 15.1 Å². The number of hydrogen-bond acceptors (Lipinski definition) is 3. The molecule has 1 saturated carbocycles. The molecule has 20 heavy (non-hydrogen) atoms. The van der Waals surface area contributed by atoms with Crippen LogP contribution in [0, 0.1) is 5.92 Å². The average Bonchev–Trinajstić information content (AvgIpc) is 2.86. The number of hydrogen-bond donors (Lipinski definition) is 2. The highest BCUT2D eigenvalue weighted by molar-refractivity contribution is 5.66. The van der Waals surface area contributed by atoms with E-state index in [0.717, 1.165) is 19.3 Å². The Hall–Kier alpha value is -2.10. The second kappa shape index (κ2) is 5.12. The van der Waals surface area contributed by atoms with Crippen molar-refractivity contribution in [3.8, 4) is 17.0 Å². The van der Waals surface area contributed by atoms with E-state index in [9.17, 15) is 9.90 Å². The molecule has 0 radical (unpaired) electrons. The zero-order valence-corrected chi connectivity index (χ0v) is 11.5. The van der Waals surface area contributed by atoms with Crippen molar-refractivity contribution < 1.29 is 5.11 Å². The molecule has 4 heteroatoms. The lowest BCUT2D eigenvalue weighted by Crippen LogP contribution is -2.15. The monoisotopic (exact) mass is 270 g/mol. The molecule has 0 saturated heterocycles. The summed E-state index contributed by atoms with van der Waals surface area (Å²) in [5.41, 5.74) is 0.670. The quantitative estimate of drug-likeness (QED) is 0.881. The fourth-order valence-electron chi connectivity index (χ4n) is 2.99. The number of aromatic nitrogens is 2. The molecule has 2 unspecified atom stereocenters. The Morgan fingerprint density at radius 3 is 2.60 bits per heavy atom. The van der Waals surface area contributed by atoms with E-state index < -0.39 is 0 Å². The van der Waals surface area contributed by atoms with Crippen LogP contribution in [0.1, 0.15) is 37.9 Å². The van der Waals surface area contributed by atoms with Gasteiger partial charge in [0, 0.05) is 5.92 Å². The van der Waals surface area contributed by atoms with Gasteiger partial charge in [-0.15, -0.1) is 0 Å². The van der Waals surface area contributed by atoms with Crippen LogP contribution in [0.5, 0.6) is 5.88 Å². The third kappa shape index (κ3) is 2.33. The van der Waals surface area contributed by atoms with E-state index >= 15 is 0 Å². The van der Waals surface area contributed by atoms with Gasteiger partial charge in [-0.1, -0.05) is 37.3 Å². The van der Waals surface area contributed by atoms with Crippen molar-refractivity contribution in [2.24, 2.45) is 5.92 Å². The molecule has 3 rings (SSSR count). The van der Waals surface area contributed by atoms with Crippen molar-refractivity contribution in [1.82, 2.24) is 9.97 Å². The van der Waals surface area contributed by atoms with Crippen molar-refractivity contribution in [2.75, 3.05) is 0 Å². The van der Waals surface area contributed by atoms with Gasteiger partial charge in [0.2, 0.25) is 5.88 Å². The van der Waals surface area contributed by atoms with Crippen molar-refractivity contribution >= 4 is 0 Å². The molecule has 0 spiro atoms. The highest BCUT2D eigenvalue weighted by Gasteiger charge is 2.26. The van der Waals surface area contributed by atoms with Gasteiger partial charge in [0.25, 0.3) is 5.56 Å². The Morgan fingerprint density at radius 2 is 2.00 bits per heavy atom. The number of aromatic hydroxyl groups is 1. The average molecular weight is 270 g/mol. The number of rotatable bonds is 2. The molecule has 104 valence electrons. The van der Waals surface area contributed by atoms with E-state index in [1.807, 2.05) is 18.2 Å². The summed E-state index contributed by atoms with van der Waals surface area (Å²) in [4.78, 5) is 19.3. The summed E-state index contributed by atoms with van der Waals surface area (Å²) in [5.74, 6) is 1.36. The molecule has 1 aliphatic carbocycles. The fraction of sp³-hybridized carbons (Fsp3) is 0.375. The predicted octanol–water partition coefficient (Wildman–Crippen LogP) is 3.05. The second-order valence-electron chi connectivity index (χ2n) is 5.63. The summed E-state index contributed by atoms with van der Waals surface area (Å²) in [6, 6.07) is 9.13. The highest BCUT2D eigenvalue weighted by Crippen LogP contribution is 2.37. The van der Waals surface area contributed by atoms with E-state index in [4.69, 9.17) is 0 Å². The number of benzene rings is 1. The van der Waals surface area contributed by atoms with Crippen molar-refractivity contribution in [1.29, 1.82) is 0 Å². The third-order valence-electron chi connectivity index (χ3n) is 4.06. The smallest absolute Gasteiger partial charge is 0.262 e. The van der Waals surface area contributed by atoms with Gasteiger partial charge in [-0.2, -0.15) is 4.98 Å². The molecule has 0 amide bonds. The zero-order valence-electron chi connectivity index (χ0n) is 11.5. The Labute approximate surface area is 117 Å². The van der Waals surface area contributed by atoms with Crippen molar-refractivity contribution in [3.05, 3.63) is 46.5 Å². The molecule has 1 fully saturated rings. The van der Waals surface area contributed by atoms with Gasteiger partial charge in [0.05, 0.1) is 0 Å². The van der Waals surface area contributed by atoms with Crippen LogP contribution in [0.25, 0.3) is 11.1 Å². The lowest BCUT2D eigenvalue weighted by atomic mass is 10.0. The molecule has 2 aromatic rings. The number of nitrogens with one attached hydrogen (secondary N) is 1. The number of H-pyrrole nitrogens is 1. The maximum Gasteiger partial charge on any atom is 0.262 e. The predicted molar refractivity (Wildman–Crippen MR) is 77.7 cm³/mol. The van der Waals surface area contributed by atoms with E-state index in [1.54, 1.807) is 12.1 Å². The summed E-state index contributed by atoms with van der Waals surface area (Å²) in [7, 11) is 0. The maximum atomic E-state index is 12.2. The van der Waals surface area contributed by atoms with Crippen LogP contribution in [0.4, 0.5) is 0 Å². The lowest BCUT2D eigenvalue weighted by molar-refractivity contribution is 0.445. The SMILES string of the molecule is CC1CCC(c2nc(O)c(-c3ccccc3)c(=O)[nH]2)C1. The Bertz CT molecular complexity index is 664. The molecule has 0 aliphatic heterocycles. The van der Waals surface area contributed by atoms with Crippen LogP contribution in [-0.2, 0) is 0 Å². The van der Waals surface area contributed by atoms with Gasteiger partial charge in [-0.3, -0.25) is 4.79 Å². The first-order valence-corrected chi connectivity index (χ1v) is 7.03. The highest BCUT2D eigenvalue weighted by atomic mass is 16.3. The van der Waals surface area contributed by atoms with Crippen LogP contribution in [0.3, 0.4) is 0 Å². The van der Waals surface area contributed by atoms with E-state index in [1.165, 1.54) is 0 Å². The van der Waals surface area contributed by atoms with Gasteiger partial charge in [-0.05, 0) is 30.7 Å². The van der Waals surface area contributed by atoms with Gasteiger partial charge in [0.15, 0.2) is 0 Å². The van der Waals surface area contributed by atoms with Crippen LogP contribution in [0.15, 0.2) is 35.1 Å². The minimum atomic E-state index is -0.266. The van der Waals surface area contributed by atoms with Crippen LogP contribution in [0.2, 0.25) is 0 Å². The normalized spacial score (nSPS) is 22.1. The van der Waals surface area contributed by atoms with E-state index in [2.05, 4.69) is 16.9 Å². The molecule has 1 aromatic carbocycles. The van der Waals surface area contributed by atoms with Crippen molar-refractivity contribution in [2.45, 2.75) is 32.1 Å². The van der Waals surface area contributed by atoms with Gasteiger partial charge in [0.1, 0.15) is 11.4 Å². The second-order valence-corrected chi connectivity index (χ2v) is 5.63. The molecule has 1 aromatic heterocycles. The first kappa shape index (κ1) is 12.9. The first-order valence-electron chi connectivity index (χ1n) is 7.03. The molecular formula is C16H18N2O2. The number of nitrogens with zero attached hydrogens (tertiary/aromatic N) is 1. The van der Waals surface area contributed by atoms with Crippen molar-refractivity contribution in [3.63, 3.8) is 0 Å². The first-order chi connectivity index (χ1) is 9.65. The minimum absolute atomic E-state index is 0.172. The van der Waals surface area contributed by atoms with Gasteiger partial charge < -0.3 is 10.1 Å². The molecule has 4 nitrogen and oxygen atoms in total. The number of aromatic amines is 1. The van der Waals surface area contributed by atoms with Crippen LogP contribution >= 0.6 is 0 Å². The lowest BCUT2D eigenvalue weighted by Gasteiger charge is -2.11. The minimum Gasteiger partial charge on any atom is -0.493 e. The van der Waals surface area contributed by atoms with Crippen LogP contribution < -0.4 is 5.56 Å². The van der Waals surface area contributed by atoms with Gasteiger partial charge in [-0.25, -0.2) is 0 Å². The molecule has 2 N–H and O–H groups in total. The zero-order chi connectivity index (χ0) is 14.1. The summed E-state index contributed by atoms with van der Waals surface area (Å²) >= 11 is 0. The Balaban J connectivity index is 2.02. The Morgan fingerprint density at radius 1 is 1.25 bits per heavy atom. The van der Waals surface area contributed by atoms with E-state index in [-0.39, 0.29) is 22.9 Å².